The number of rotatable bonds is 6. The van der Waals surface area contributed by atoms with Gasteiger partial charge in [-0.05, 0) is 89.9 Å². The first-order valence-corrected chi connectivity index (χ1v) is 13.2. The van der Waals surface area contributed by atoms with Crippen molar-refractivity contribution in [3.8, 4) is 0 Å². The third-order valence-electron chi connectivity index (χ3n) is 7.64. The van der Waals surface area contributed by atoms with Crippen LogP contribution in [0.4, 0.5) is 4.39 Å². The van der Waals surface area contributed by atoms with Crippen molar-refractivity contribution >= 4 is 16.5 Å². The molecule has 0 aliphatic carbocycles. The Hall–Kier alpha value is -3.69. The summed E-state index contributed by atoms with van der Waals surface area (Å²) in [6.07, 6.45) is 4.97. The minimum absolute atomic E-state index is 0.0596. The number of hydrogen-bond acceptors (Lipinski definition) is 6. The lowest BCUT2D eigenvalue weighted by Crippen LogP contribution is -2.38. The van der Waals surface area contributed by atoms with E-state index in [-0.39, 0.29) is 17.5 Å². The molecule has 2 atom stereocenters. The number of nitrogens with zero attached hydrogens (tertiary/aromatic N) is 5. The van der Waals surface area contributed by atoms with Crippen molar-refractivity contribution in [2.75, 3.05) is 19.7 Å². The number of tetrazole rings is 1. The fraction of sp³-hybridized carbons (Fsp3) is 0.379. The molecule has 8 nitrogen and oxygen atoms in total. The molecule has 0 bridgehead atoms. The minimum atomic E-state index is -0.439. The average molecular weight is 515 g/mol. The van der Waals surface area contributed by atoms with Gasteiger partial charge < -0.3 is 9.72 Å². The topological polar surface area (TPSA) is 88.9 Å². The monoisotopic (exact) mass is 514 g/mol. The number of hydrogen-bond donors (Lipinski definition) is 1. The van der Waals surface area contributed by atoms with Gasteiger partial charge in [0.1, 0.15) is 11.9 Å². The summed E-state index contributed by atoms with van der Waals surface area (Å²) in [6.45, 7) is 6.67. The summed E-state index contributed by atoms with van der Waals surface area (Å²) in [4.78, 5) is 19.0. The number of H-pyrrole nitrogens is 1. The van der Waals surface area contributed by atoms with Crippen LogP contribution in [0, 0.1) is 19.7 Å². The highest BCUT2D eigenvalue weighted by Crippen LogP contribution is 2.32. The Morgan fingerprint density at radius 3 is 2.76 bits per heavy atom. The summed E-state index contributed by atoms with van der Waals surface area (Å²) in [5.74, 6) is 0.388. The van der Waals surface area contributed by atoms with E-state index < -0.39 is 6.04 Å². The Kier molecular flexibility index (Phi) is 6.63. The molecular weight excluding hydrogens is 483 g/mol. The van der Waals surface area contributed by atoms with Gasteiger partial charge in [-0.3, -0.25) is 9.69 Å². The average Bonchev–Trinajstić information content (AvgIpc) is 3.59. The van der Waals surface area contributed by atoms with Crippen molar-refractivity contribution < 1.29 is 9.13 Å². The zero-order valence-electron chi connectivity index (χ0n) is 21.7. The molecule has 38 heavy (non-hydrogen) atoms. The van der Waals surface area contributed by atoms with Crippen molar-refractivity contribution in [1.82, 2.24) is 30.1 Å². The Morgan fingerprint density at radius 2 is 2.03 bits per heavy atom. The molecule has 0 unspecified atom stereocenters. The van der Waals surface area contributed by atoms with Crippen molar-refractivity contribution in [2.24, 2.45) is 0 Å². The van der Waals surface area contributed by atoms with Crippen LogP contribution in [0.3, 0.4) is 0 Å². The zero-order chi connectivity index (χ0) is 26.2. The SMILES string of the molecule is Cc1cc(C)c2[nH]c(=O)c([C@@H](c3nnnn3C[C@H]3CCCO3)N3CC=C(c4ccc(F)cc4)CC3)cc2c1. The van der Waals surface area contributed by atoms with Gasteiger partial charge in [0.25, 0.3) is 5.56 Å². The molecular formula is C29H31FN6O2. The van der Waals surface area contributed by atoms with Crippen molar-refractivity contribution in [3.05, 3.63) is 92.8 Å². The first kappa shape index (κ1) is 24.6. The quantitative estimate of drug-likeness (QED) is 0.412. The highest BCUT2D eigenvalue weighted by Gasteiger charge is 2.32. The van der Waals surface area contributed by atoms with E-state index in [9.17, 15) is 9.18 Å². The van der Waals surface area contributed by atoms with E-state index in [0.29, 0.717) is 31.0 Å². The van der Waals surface area contributed by atoms with Gasteiger partial charge in [-0.25, -0.2) is 9.07 Å². The van der Waals surface area contributed by atoms with Gasteiger partial charge in [-0.15, -0.1) is 5.10 Å². The van der Waals surface area contributed by atoms with E-state index in [1.807, 2.05) is 25.1 Å². The maximum Gasteiger partial charge on any atom is 0.253 e. The summed E-state index contributed by atoms with van der Waals surface area (Å²) >= 11 is 0. The predicted octanol–water partition coefficient (Wildman–Crippen LogP) is 4.33. The third kappa shape index (κ3) is 4.79. The number of benzene rings is 2. The van der Waals surface area contributed by atoms with Crippen LogP contribution in [-0.2, 0) is 11.3 Å². The van der Waals surface area contributed by atoms with E-state index in [4.69, 9.17) is 4.74 Å². The summed E-state index contributed by atoms with van der Waals surface area (Å²) in [6, 6.07) is 12.3. The molecule has 4 heterocycles. The minimum Gasteiger partial charge on any atom is -0.376 e. The van der Waals surface area contributed by atoms with Gasteiger partial charge in [0.15, 0.2) is 5.82 Å². The van der Waals surface area contributed by atoms with Crippen molar-refractivity contribution in [3.63, 3.8) is 0 Å². The number of aromatic amines is 1. The number of pyridine rings is 1. The highest BCUT2D eigenvalue weighted by atomic mass is 19.1. The van der Waals surface area contributed by atoms with Crippen LogP contribution in [0.15, 0.2) is 53.3 Å². The molecule has 2 aromatic carbocycles. The first-order valence-electron chi connectivity index (χ1n) is 13.2. The Labute approximate surface area is 220 Å². The second-order valence-corrected chi connectivity index (χ2v) is 10.3. The largest absolute Gasteiger partial charge is 0.376 e. The number of nitrogens with one attached hydrogen (secondary N) is 1. The molecule has 0 radical (unpaired) electrons. The molecule has 6 rings (SSSR count). The molecule has 196 valence electrons. The van der Waals surface area contributed by atoms with Gasteiger partial charge in [0.05, 0.1) is 18.2 Å². The summed E-state index contributed by atoms with van der Waals surface area (Å²) in [5.41, 5.74) is 5.67. The maximum absolute atomic E-state index is 13.6. The summed E-state index contributed by atoms with van der Waals surface area (Å²) < 4.78 is 21.1. The maximum atomic E-state index is 13.6. The van der Waals surface area contributed by atoms with Gasteiger partial charge in [-0.2, -0.15) is 0 Å². The van der Waals surface area contributed by atoms with E-state index in [1.54, 1.807) is 4.68 Å². The third-order valence-corrected chi connectivity index (χ3v) is 7.64. The second-order valence-electron chi connectivity index (χ2n) is 10.3. The fourth-order valence-corrected chi connectivity index (χ4v) is 5.77. The molecule has 9 heteroatoms. The molecule has 2 aliphatic rings. The Bertz CT molecular complexity index is 1550. The molecule has 0 spiro atoms. The lowest BCUT2D eigenvalue weighted by molar-refractivity contribution is 0.0910. The highest BCUT2D eigenvalue weighted by molar-refractivity contribution is 5.83. The van der Waals surface area contributed by atoms with E-state index in [2.05, 4.69) is 50.5 Å². The van der Waals surface area contributed by atoms with Crippen LogP contribution in [0.2, 0.25) is 0 Å². The molecule has 0 amide bonds. The second kappa shape index (κ2) is 10.2. The van der Waals surface area contributed by atoms with E-state index in [1.165, 1.54) is 12.1 Å². The number of aryl methyl sites for hydroxylation is 2. The number of aromatic nitrogens is 5. The fourth-order valence-electron chi connectivity index (χ4n) is 5.77. The Balaban J connectivity index is 1.41. The smallest absolute Gasteiger partial charge is 0.253 e. The van der Waals surface area contributed by atoms with E-state index >= 15 is 0 Å². The normalized spacial score (nSPS) is 19.1. The van der Waals surface area contributed by atoms with Crippen molar-refractivity contribution in [2.45, 2.75) is 51.8 Å². The summed E-state index contributed by atoms with van der Waals surface area (Å²) in [7, 11) is 0. The van der Waals surface area contributed by atoms with E-state index in [0.717, 1.165) is 59.0 Å². The molecule has 1 saturated heterocycles. The standard InChI is InChI=1S/C29H31FN6O2/c1-18-14-19(2)26-22(15-18)16-25(29(37)31-26)27(28-32-33-34-36(28)17-24-4-3-13-38-24)35-11-9-21(10-12-35)20-5-7-23(30)8-6-20/h5-9,14-16,24,27H,3-4,10-13,17H2,1-2H3,(H,31,37)/t24-,27+/m1/s1. The molecule has 1 N–H and O–H groups in total. The van der Waals surface area contributed by atoms with Gasteiger partial charge >= 0.3 is 0 Å². The van der Waals surface area contributed by atoms with Gasteiger partial charge in [0.2, 0.25) is 0 Å². The molecule has 4 aromatic rings. The van der Waals surface area contributed by atoms with Crippen LogP contribution in [0.25, 0.3) is 16.5 Å². The van der Waals surface area contributed by atoms with Crippen LogP contribution >= 0.6 is 0 Å². The van der Waals surface area contributed by atoms with Crippen LogP contribution in [0.5, 0.6) is 0 Å². The molecule has 2 aromatic heterocycles. The number of halogens is 1. The molecule has 0 saturated carbocycles. The molecule has 1 fully saturated rings. The lowest BCUT2D eigenvalue weighted by Gasteiger charge is -2.33. The predicted molar refractivity (Wildman–Crippen MR) is 143 cm³/mol. The van der Waals surface area contributed by atoms with Crippen molar-refractivity contribution in [1.29, 1.82) is 0 Å². The first-order chi connectivity index (χ1) is 18.5. The summed E-state index contributed by atoms with van der Waals surface area (Å²) in [5, 5.41) is 13.7. The van der Waals surface area contributed by atoms with Crippen LogP contribution in [-0.4, -0.2) is 55.9 Å². The van der Waals surface area contributed by atoms with Gasteiger partial charge in [0, 0.05) is 25.3 Å². The number of ether oxygens (including phenoxy) is 1. The van der Waals surface area contributed by atoms with Crippen LogP contribution in [0.1, 0.15) is 53.4 Å². The lowest BCUT2D eigenvalue weighted by atomic mass is 9.96. The zero-order valence-corrected chi connectivity index (χ0v) is 21.7. The van der Waals surface area contributed by atoms with Gasteiger partial charge in [-0.1, -0.05) is 29.8 Å². The molecule has 2 aliphatic heterocycles. The number of fused-ring (bicyclic) bond motifs is 1. The van der Waals surface area contributed by atoms with Crippen LogP contribution < -0.4 is 5.56 Å². The Morgan fingerprint density at radius 1 is 1.18 bits per heavy atom.